The molecule has 0 radical (unpaired) electrons. The minimum absolute atomic E-state index is 0.0969. The molecule has 1 aliphatic carbocycles. The van der Waals surface area contributed by atoms with Gasteiger partial charge in [-0.1, -0.05) is 61.8 Å². The standard InChI is InChI=1S/C49H61N7O4/c1-10-11-12-15-34-27-44(57)48(37-26-33(4)18-19-35(37)32(2)3)46(28-34)60-25-21-47(58)51-40-29-41(45(59-9)30-43(40)55(7)24-23-54(5)6)53-49-50-22-20-39(52-49)38-31-56(8)42-17-14-13-16-36(38)42/h13-14,16-17,20-22,25-31,35,37,57H,2,10-12,15,18-19,23-24H2,1,3-9H3,(H,51,58)(H,50,52,53)/b25-21+/t35-,37+/m0/s1. The largest absolute Gasteiger partial charge is 0.507 e. The molecule has 0 unspecified atom stereocenters. The number of amides is 1. The predicted molar refractivity (Wildman–Crippen MR) is 246 cm³/mol. The van der Waals surface area contributed by atoms with Gasteiger partial charge in [0.25, 0.3) is 5.91 Å². The average molecular weight is 812 g/mol. The van der Waals surface area contributed by atoms with E-state index in [0.717, 1.165) is 84.1 Å². The number of para-hydroxylation sites is 1. The van der Waals surface area contributed by atoms with Crippen molar-refractivity contribution in [1.29, 1.82) is 0 Å². The van der Waals surface area contributed by atoms with Crippen LogP contribution in [0.4, 0.5) is 23.0 Å². The first-order valence-electron chi connectivity index (χ1n) is 20.9. The molecule has 0 spiro atoms. The second-order valence-corrected chi connectivity index (χ2v) is 16.3. The van der Waals surface area contributed by atoms with Crippen LogP contribution in [0, 0.1) is 5.92 Å². The van der Waals surface area contributed by atoms with Gasteiger partial charge in [0.05, 0.1) is 36.1 Å². The molecule has 1 amide bonds. The van der Waals surface area contributed by atoms with Crippen LogP contribution in [0.1, 0.15) is 69.9 Å². The van der Waals surface area contributed by atoms with Crippen LogP contribution in [0.25, 0.3) is 22.2 Å². The molecular weight excluding hydrogens is 751 g/mol. The number of phenolic OH excluding ortho intramolecular Hbond substituents is 1. The molecular formula is C49H61N7O4. The number of likely N-dealkylation sites (N-methyl/N-ethyl adjacent to an activating group) is 2. The lowest BCUT2D eigenvalue weighted by Crippen LogP contribution is -2.29. The average Bonchev–Trinajstić information content (AvgIpc) is 3.56. The summed E-state index contributed by atoms with van der Waals surface area (Å²) in [5, 5.41) is 19.1. The minimum atomic E-state index is -0.388. The lowest BCUT2D eigenvalue weighted by molar-refractivity contribution is -0.112. The molecule has 3 N–H and O–H groups in total. The summed E-state index contributed by atoms with van der Waals surface area (Å²) in [6.45, 7) is 12.1. The fraction of sp³-hybridized carbons (Fsp3) is 0.367. The number of carbonyl (C=O) groups excluding carboxylic acids is 1. The van der Waals surface area contributed by atoms with E-state index in [4.69, 9.17) is 14.5 Å². The molecule has 2 atom stereocenters. The van der Waals surface area contributed by atoms with Gasteiger partial charge in [0, 0.05) is 79.7 Å². The number of nitrogens with zero attached hydrogens (tertiary/aromatic N) is 5. The maximum Gasteiger partial charge on any atom is 0.251 e. The number of phenols is 1. The van der Waals surface area contributed by atoms with Gasteiger partial charge in [-0.25, -0.2) is 9.97 Å². The zero-order chi connectivity index (χ0) is 42.9. The highest BCUT2D eigenvalue weighted by Gasteiger charge is 2.31. The fourth-order valence-electron chi connectivity index (χ4n) is 8.03. The number of nitrogens with one attached hydrogen (secondary N) is 2. The molecule has 6 rings (SSSR count). The highest BCUT2D eigenvalue weighted by molar-refractivity contribution is 6.02. The van der Waals surface area contributed by atoms with Crippen LogP contribution < -0.4 is 25.0 Å². The van der Waals surface area contributed by atoms with Gasteiger partial charge in [-0.15, -0.1) is 0 Å². The summed E-state index contributed by atoms with van der Waals surface area (Å²) in [5.41, 5.74) is 8.84. The molecule has 0 aliphatic heterocycles. The van der Waals surface area contributed by atoms with Crippen LogP contribution in [0.15, 0.2) is 103 Å². The summed E-state index contributed by atoms with van der Waals surface area (Å²) < 4.78 is 14.3. The maximum absolute atomic E-state index is 13.8. The number of unbranched alkanes of at least 4 members (excludes halogenated alkanes) is 2. The summed E-state index contributed by atoms with van der Waals surface area (Å²) in [6.07, 6.45) is 14.8. The third-order valence-electron chi connectivity index (χ3n) is 11.3. The number of ether oxygens (including phenoxy) is 2. The van der Waals surface area contributed by atoms with Crippen molar-refractivity contribution in [3.8, 4) is 28.5 Å². The molecule has 0 saturated heterocycles. The lowest BCUT2D eigenvalue weighted by Gasteiger charge is -2.32. The van der Waals surface area contributed by atoms with E-state index in [2.05, 4.69) is 81.7 Å². The van der Waals surface area contributed by atoms with E-state index in [1.165, 1.54) is 17.9 Å². The van der Waals surface area contributed by atoms with Gasteiger partial charge in [-0.2, -0.15) is 0 Å². The summed E-state index contributed by atoms with van der Waals surface area (Å²) in [4.78, 5) is 27.4. The van der Waals surface area contributed by atoms with Crippen LogP contribution in [-0.2, 0) is 18.3 Å². The fourth-order valence-corrected chi connectivity index (χ4v) is 8.03. The minimum Gasteiger partial charge on any atom is -0.507 e. The first-order valence-corrected chi connectivity index (χ1v) is 20.9. The van der Waals surface area contributed by atoms with Crippen molar-refractivity contribution >= 4 is 39.8 Å². The monoisotopic (exact) mass is 811 g/mol. The molecule has 11 heteroatoms. The predicted octanol–water partition coefficient (Wildman–Crippen LogP) is 10.4. The van der Waals surface area contributed by atoms with E-state index in [1.807, 2.05) is 70.7 Å². The van der Waals surface area contributed by atoms with Crippen molar-refractivity contribution < 1.29 is 19.4 Å². The van der Waals surface area contributed by atoms with Crippen LogP contribution in [-0.4, -0.2) is 71.8 Å². The summed E-state index contributed by atoms with van der Waals surface area (Å²) >= 11 is 0. The number of rotatable bonds is 18. The topological polar surface area (TPSA) is 117 Å². The van der Waals surface area contributed by atoms with Crippen LogP contribution in [0.5, 0.6) is 17.2 Å². The van der Waals surface area contributed by atoms with Crippen molar-refractivity contribution in [3.05, 3.63) is 114 Å². The van der Waals surface area contributed by atoms with Crippen molar-refractivity contribution in [2.24, 2.45) is 13.0 Å². The molecule has 2 aromatic heterocycles. The number of methoxy groups -OCH3 is 1. The molecule has 3 aromatic carbocycles. The number of benzene rings is 3. The van der Waals surface area contributed by atoms with E-state index in [9.17, 15) is 9.90 Å². The van der Waals surface area contributed by atoms with E-state index in [-0.39, 0.29) is 23.5 Å². The Morgan fingerprint density at radius 3 is 2.62 bits per heavy atom. The molecule has 60 heavy (non-hydrogen) atoms. The Kier molecular flexibility index (Phi) is 14.3. The van der Waals surface area contributed by atoms with E-state index in [1.54, 1.807) is 13.3 Å². The highest BCUT2D eigenvalue weighted by Crippen LogP contribution is 2.47. The number of aromatic nitrogens is 3. The second-order valence-electron chi connectivity index (χ2n) is 16.3. The molecule has 2 heterocycles. The van der Waals surface area contributed by atoms with Gasteiger partial charge in [-0.3, -0.25) is 4.79 Å². The molecule has 5 aromatic rings. The van der Waals surface area contributed by atoms with Gasteiger partial charge in [0.15, 0.2) is 0 Å². The number of fused-ring (bicyclic) bond motifs is 1. The molecule has 0 bridgehead atoms. The number of allylic oxidation sites excluding steroid dienone is 3. The Labute approximate surface area is 355 Å². The number of hydrogen-bond donors (Lipinski definition) is 3. The Hall–Kier alpha value is -6.07. The summed E-state index contributed by atoms with van der Waals surface area (Å²) in [6, 6.07) is 17.7. The zero-order valence-corrected chi connectivity index (χ0v) is 36.5. The Morgan fingerprint density at radius 1 is 1.07 bits per heavy atom. The molecule has 0 fully saturated rings. The highest BCUT2D eigenvalue weighted by atomic mass is 16.5. The molecule has 11 nitrogen and oxygen atoms in total. The Bertz CT molecular complexity index is 2380. The van der Waals surface area contributed by atoms with Gasteiger partial charge in [0.2, 0.25) is 5.95 Å². The summed E-state index contributed by atoms with van der Waals surface area (Å²) in [5.74, 6) is 1.36. The lowest BCUT2D eigenvalue weighted by atomic mass is 9.73. The number of anilines is 4. The Balaban J connectivity index is 1.30. The Morgan fingerprint density at radius 2 is 1.87 bits per heavy atom. The molecule has 316 valence electrons. The van der Waals surface area contributed by atoms with Crippen molar-refractivity contribution in [1.82, 2.24) is 19.4 Å². The van der Waals surface area contributed by atoms with Gasteiger partial charge in [0.1, 0.15) is 17.2 Å². The first-order chi connectivity index (χ1) is 28.9. The van der Waals surface area contributed by atoms with Crippen molar-refractivity contribution in [2.45, 2.75) is 65.2 Å². The maximum atomic E-state index is 13.8. The zero-order valence-electron chi connectivity index (χ0n) is 36.5. The first kappa shape index (κ1) is 43.5. The van der Waals surface area contributed by atoms with Crippen LogP contribution in [0.2, 0.25) is 0 Å². The van der Waals surface area contributed by atoms with Crippen LogP contribution in [0.3, 0.4) is 0 Å². The number of aromatic hydroxyl groups is 1. The van der Waals surface area contributed by atoms with Gasteiger partial charge < -0.3 is 39.6 Å². The number of carbonyl (C=O) groups is 1. The van der Waals surface area contributed by atoms with Gasteiger partial charge in [-0.05, 0) is 95.4 Å². The molecule has 1 aliphatic rings. The summed E-state index contributed by atoms with van der Waals surface area (Å²) in [7, 11) is 9.67. The third kappa shape index (κ3) is 10.4. The van der Waals surface area contributed by atoms with Crippen molar-refractivity contribution in [2.75, 3.05) is 56.9 Å². The van der Waals surface area contributed by atoms with E-state index < -0.39 is 0 Å². The SMILES string of the molecule is C=C(C)[C@@H]1CCC(C)=C[C@H]1c1c(O)cc(CCCCC)cc1O/C=C/C(=O)Nc1cc(Nc2nccc(-c3cn(C)c4ccccc34)n2)c(OC)cc1N(C)CCN(C)C. The van der Waals surface area contributed by atoms with E-state index >= 15 is 0 Å². The van der Waals surface area contributed by atoms with E-state index in [0.29, 0.717) is 40.9 Å². The smallest absolute Gasteiger partial charge is 0.251 e. The quantitative estimate of drug-likeness (QED) is 0.0344. The van der Waals surface area contributed by atoms with Crippen molar-refractivity contribution in [3.63, 3.8) is 0 Å². The van der Waals surface area contributed by atoms with Gasteiger partial charge >= 0.3 is 0 Å². The second kappa shape index (κ2) is 19.8. The number of hydrogen-bond acceptors (Lipinski definition) is 9. The number of aryl methyl sites for hydroxylation is 2. The normalized spacial score (nSPS) is 15.3. The third-order valence-corrected chi connectivity index (χ3v) is 11.3. The molecule has 0 saturated carbocycles. The van der Waals surface area contributed by atoms with Crippen LogP contribution >= 0.6 is 0 Å².